The van der Waals surface area contributed by atoms with Crippen LogP contribution in [0.3, 0.4) is 0 Å². The number of hydrazine groups is 1. The van der Waals surface area contributed by atoms with Gasteiger partial charge in [-0.25, -0.2) is 15.6 Å². The average Bonchev–Trinajstić information content (AvgIpc) is 2.73. The third kappa shape index (κ3) is 5.03. The fraction of sp³-hybridized carbons (Fsp3) is 0.182. The summed E-state index contributed by atoms with van der Waals surface area (Å²) >= 11 is 0. The van der Waals surface area contributed by atoms with Gasteiger partial charge in [-0.15, -0.1) is 0 Å². The van der Waals surface area contributed by atoms with E-state index in [-0.39, 0.29) is 6.61 Å². The van der Waals surface area contributed by atoms with Crippen molar-refractivity contribution in [1.29, 1.82) is 0 Å². The van der Waals surface area contributed by atoms with Crippen molar-refractivity contribution in [3.63, 3.8) is 0 Å². The Bertz CT molecular complexity index is 987. The molecule has 0 aliphatic heterocycles. The number of aryl methyl sites for hydroxylation is 1. The number of aromatic nitrogens is 1. The zero-order chi connectivity index (χ0) is 20.8. The maximum absolute atomic E-state index is 11.6. The first kappa shape index (κ1) is 20.2. The molecule has 0 aliphatic rings. The largest absolute Gasteiger partial charge is 0.473 e. The summed E-state index contributed by atoms with van der Waals surface area (Å²) in [6, 6.07) is 19.0. The highest BCUT2D eigenvalue weighted by atomic mass is 16.5. The number of nitrogens with one attached hydrogen (secondary N) is 2. The Morgan fingerprint density at radius 3 is 2.48 bits per heavy atom. The Balaban J connectivity index is 1.77. The highest BCUT2D eigenvalue weighted by Gasteiger charge is 2.10. The molecule has 0 atom stereocenters. The summed E-state index contributed by atoms with van der Waals surface area (Å²) in [5.74, 6) is 5.68. The van der Waals surface area contributed by atoms with Crippen LogP contribution in [0.15, 0.2) is 60.7 Å². The summed E-state index contributed by atoms with van der Waals surface area (Å²) in [6.45, 7) is 2.23. The summed E-state index contributed by atoms with van der Waals surface area (Å²) in [4.78, 5) is 18.2. The van der Waals surface area contributed by atoms with Crippen molar-refractivity contribution in [2.75, 3.05) is 24.3 Å². The van der Waals surface area contributed by atoms with Gasteiger partial charge in [0, 0.05) is 42.7 Å². The van der Waals surface area contributed by atoms with E-state index in [0.29, 0.717) is 11.6 Å². The molecule has 3 rings (SSSR count). The van der Waals surface area contributed by atoms with Crippen LogP contribution >= 0.6 is 0 Å². The molecule has 7 nitrogen and oxygen atoms in total. The minimum Gasteiger partial charge on any atom is -0.473 e. The predicted octanol–water partition coefficient (Wildman–Crippen LogP) is 3.70. The van der Waals surface area contributed by atoms with Gasteiger partial charge in [0.05, 0.1) is 5.69 Å². The van der Waals surface area contributed by atoms with Crippen LogP contribution in [0, 0.1) is 6.92 Å². The van der Waals surface area contributed by atoms with Crippen molar-refractivity contribution in [1.82, 2.24) is 10.4 Å². The number of nitrogens with two attached hydrogens (primary N) is 1. The maximum atomic E-state index is 11.6. The Morgan fingerprint density at radius 2 is 1.79 bits per heavy atom. The van der Waals surface area contributed by atoms with E-state index >= 15 is 0 Å². The number of carbonyl (C=O) groups is 1. The predicted molar refractivity (Wildman–Crippen MR) is 116 cm³/mol. The standard InChI is InChI=1S/C22H25N5O2/c1-15-6-4-8-20(25-22(28)26-23)18(15)14-29-21-9-5-7-19(24-21)16-10-12-17(13-11-16)27(2)3/h4-13H,14,23H2,1-3H3,(H2,25,26,28). The van der Waals surface area contributed by atoms with Crippen LogP contribution < -0.4 is 26.2 Å². The summed E-state index contributed by atoms with van der Waals surface area (Å²) < 4.78 is 5.93. The number of hydrogen-bond acceptors (Lipinski definition) is 5. The normalized spacial score (nSPS) is 10.3. The summed E-state index contributed by atoms with van der Waals surface area (Å²) in [5.41, 5.74) is 7.53. The number of amides is 2. The zero-order valence-corrected chi connectivity index (χ0v) is 16.8. The third-order valence-corrected chi connectivity index (χ3v) is 4.56. The van der Waals surface area contributed by atoms with Crippen molar-refractivity contribution in [2.45, 2.75) is 13.5 Å². The molecule has 1 aromatic heterocycles. The lowest BCUT2D eigenvalue weighted by atomic mass is 10.1. The van der Waals surface area contributed by atoms with Crippen LogP contribution in [0.2, 0.25) is 0 Å². The van der Waals surface area contributed by atoms with Gasteiger partial charge in [-0.05, 0) is 36.8 Å². The minimum absolute atomic E-state index is 0.267. The number of carbonyl (C=O) groups excluding carboxylic acids is 1. The molecule has 2 amide bonds. The molecule has 0 bridgehead atoms. The molecular formula is C22H25N5O2. The number of rotatable bonds is 6. The van der Waals surface area contributed by atoms with Gasteiger partial charge < -0.3 is 15.0 Å². The lowest BCUT2D eigenvalue weighted by Crippen LogP contribution is -2.34. The molecule has 0 aliphatic carbocycles. The van der Waals surface area contributed by atoms with E-state index in [2.05, 4.69) is 32.8 Å². The van der Waals surface area contributed by atoms with Gasteiger partial charge in [0.25, 0.3) is 0 Å². The first-order chi connectivity index (χ1) is 14.0. The van der Waals surface area contributed by atoms with Crippen molar-refractivity contribution < 1.29 is 9.53 Å². The first-order valence-electron chi connectivity index (χ1n) is 9.21. The highest BCUT2D eigenvalue weighted by Crippen LogP contribution is 2.25. The van der Waals surface area contributed by atoms with Gasteiger partial charge in [0.15, 0.2) is 0 Å². The molecule has 4 N–H and O–H groups in total. The van der Waals surface area contributed by atoms with Crippen LogP contribution in [-0.4, -0.2) is 25.1 Å². The number of hydrogen-bond donors (Lipinski definition) is 3. The second kappa shape index (κ2) is 9.07. The number of nitrogens with zero attached hydrogens (tertiary/aromatic N) is 2. The third-order valence-electron chi connectivity index (χ3n) is 4.56. The molecule has 0 saturated heterocycles. The van der Waals surface area contributed by atoms with E-state index in [1.807, 2.05) is 63.5 Å². The van der Waals surface area contributed by atoms with Crippen molar-refractivity contribution in [3.05, 3.63) is 71.8 Å². The zero-order valence-electron chi connectivity index (χ0n) is 16.8. The number of ether oxygens (including phenoxy) is 1. The molecule has 0 unspecified atom stereocenters. The van der Waals surface area contributed by atoms with E-state index < -0.39 is 6.03 Å². The van der Waals surface area contributed by atoms with Crippen LogP contribution in [0.25, 0.3) is 11.3 Å². The van der Waals surface area contributed by atoms with Crippen molar-refractivity contribution >= 4 is 17.4 Å². The molecule has 2 aromatic carbocycles. The lowest BCUT2D eigenvalue weighted by Gasteiger charge is -2.15. The fourth-order valence-corrected chi connectivity index (χ4v) is 2.90. The molecule has 0 saturated carbocycles. The smallest absolute Gasteiger partial charge is 0.333 e. The monoisotopic (exact) mass is 391 g/mol. The molecular weight excluding hydrogens is 366 g/mol. The summed E-state index contributed by atoms with van der Waals surface area (Å²) in [5, 5.41) is 2.71. The van der Waals surface area contributed by atoms with E-state index in [1.165, 1.54) is 0 Å². The average molecular weight is 391 g/mol. The topological polar surface area (TPSA) is 92.5 Å². The second-order valence-corrected chi connectivity index (χ2v) is 6.79. The number of anilines is 2. The van der Waals surface area contributed by atoms with E-state index in [1.54, 1.807) is 6.07 Å². The van der Waals surface area contributed by atoms with Gasteiger partial charge in [-0.1, -0.05) is 30.3 Å². The highest BCUT2D eigenvalue weighted by molar-refractivity contribution is 5.89. The molecule has 0 fully saturated rings. The lowest BCUT2D eigenvalue weighted by molar-refractivity contribution is 0.252. The van der Waals surface area contributed by atoms with Crippen LogP contribution in [0.1, 0.15) is 11.1 Å². The Hall–Kier alpha value is -3.58. The van der Waals surface area contributed by atoms with Crippen molar-refractivity contribution in [3.8, 4) is 17.1 Å². The van der Waals surface area contributed by atoms with Gasteiger partial charge in [0.2, 0.25) is 5.88 Å². The van der Waals surface area contributed by atoms with Gasteiger partial charge in [0.1, 0.15) is 6.61 Å². The Morgan fingerprint density at radius 1 is 1.07 bits per heavy atom. The van der Waals surface area contributed by atoms with Crippen molar-refractivity contribution in [2.24, 2.45) is 5.84 Å². The quantitative estimate of drug-likeness (QED) is 0.338. The van der Waals surface area contributed by atoms with Crippen LogP contribution in [0.5, 0.6) is 5.88 Å². The minimum atomic E-state index is -0.488. The summed E-state index contributed by atoms with van der Waals surface area (Å²) in [6.07, 6.45) is 0. The molecule has 29 heavy (non-hydrogen) atoms. The molecule has 0 spiro atoms. The molecule has 7 heteroatoms. The molecule has 0 radical (unpaired) electrons. The Kier molecular flexibility index (Phi) is 6.31. The second-order valence-electron chi connectivity index (χ2n) is 6.79. The van der Waals surface area contributed by atoms with Crippen LogP contribution in [-0.2, 0) is 6.61 Å². The number of benzene rings is 2. The summed E-state index contributed by atoms with van der Waals surface area (Å²) in [7, 11) is 4.02. The van der Waals surface area contributed by atoms with Gasteiger partial charge >= 0.3 is 6.03 Å². The van der Waals surface area contributed by atoms with Gasteiger partial charge in [-0.3, -0.25) is 5.43 Å². The van der Waals surface area contributed by atoms with E-state index in [0.717, 1.165) is 28.1 Å². The first-order valence-corrected chi connectivity index (χ1v) is 9.21. The molecule has 3 aromatic rings. The molecule has 1 heterocycles. The fourth-order valence-electron chi connectivity index (χ4n) is 2.90. The Labute approximate surface area is 170 Å². The van der Waals surface area contributed by atoms with E-state index in [4.69, 9.17) is 10.6 Å². The van der Waals surface area contributed by atoms with Crippen LogP contribution in [0.4, 0.5) is 16.2 Å². The number of urea groups is 1. The number of pyridine rings is 1. The molecule has 150 valence electrons. The SMILES string of the molecule is Cc1cccc(NC(=O)NN)c1COc1cccc(-c2ccc(N(C)C)cc2)n1. The maximum Gasteiger partial charge on any atom is 0.333 e. The van der Waals surface area contributed by atoms with E-state index in [9.17, 15) is 4.79 Å². The van der Waals surface area contributed by atoms with Gasteiger partial charge in [-0.2, -0.15) is 0 Å².